The van der Waals surface area contributed by atoms with Crippen molar-refractivity contribution >= 4 is 41.3 Å². The number of likely N-dealkylation sites (tertiary alicyclic amines) is 1. The maximum absolute atomic E-state index is 13.0. The van der Waals surface area contributed by atoms with E-state index in [2.05, 4.69) is 23.1 Å². The number of fused-ring (bicyclic) bond motifs is 1. The highest BCUT2D eigenvalue weighted by Gasteiger charge is 2.57. The second-order valence-electron chi connectivity index (χ2n) is 9.30. The van der Waals surface area contributed by atoms with Gasteiger partial charge in [0, 0.05) is 48.2 Å². The number of thioether (sulfide) groups is 2. The molecule has 2 fully saturated rings. The first kappa shape index (κ1) is 24.2. The van der Waals surface area contributed by atoms with E-state index in [0.29, 0.717) is 19.5 Å². The predicted molar refractivity (Wildman–Crippen MR) is 131 cm³/mol. The SMILES string of the molecule is CSc1cccc(CN2C[C@@H](SC3=C(C(=O)O)N4C(=O)[C@H](C)C4[C@H]3C)C[C@H]2C(=O)N(C)C)c1. The summed E-state index contributed by atoms with van der Waals surface area (Å²) in [6.45, 7) is 5.25. The van der Waals surface area contributed by atoms with Crippen LogP contribution in [0.3, 0.4) is 0 Å². The standard InChI is InChI=1S/C24H31N3O4S2/c1-13-19-14(2)22(28)27(19)20(24(30)31)21(13)33-17-10-18(23(29)25(3)4)26(12-17)11-15-7-6-8-16(9-15)32-5/h6-9,13-14,17-19H,10-12H2,1-5H3,(H,30,31)/t13-,14-,17+,18+,19?/m1/s1. The Hall–Kier alpha value is -1.97. The molecule has 0 bridgehead atoms. The number of β-lactam (4-membered cyclic amide) rings is 1. The number of nitrogens with zero attached hydrogens (tertiary/aromatic N) is 3. The summed E-state index contributed by atoms with van der Waals surface area (Å²) in [5, 5.41) is 9.95. The fourth-order valence-corrected chi connectivity index (χ4v) is 7.33. The van der Waals surface area contributed by atoms with Crippen LogP contribution in [0.4, 0.5) is 0 Å². The summed E-state index contributed by atoms with van der Waals surface area (Å²) in [6, 6.07) is 8.03. The van der Waals surface area contributed by atoms with E-state index >= 15 is 0 Å². The van der Waals surface area contributed by atoms with Crippen LogP contribution in [0.25, 0.3) is 0 Å². The van der Waals surface area contributed by atoms with Crippen LogP contribution >= 0.6 is 23.5 Å². The number of likely N-dealkylation sites (N-methyl/N-ethyl adjacent to an activating group) is 1. The molecule has 0 saturated carbocycles. The number of rotatable bonds is 7. The van der Waals surface area contributed by atoms with Gasteiger partial charge in [0.1, 0.15) is 5.70 Å². The van der Waals surface area contributed by atoms with Crippen LogP contribution < -0.4 is 0 Å². The topological polar surface area (TPSA) is 81.2 Å². The number of carbonyl (C=O) groups excluding carboxylic acids is 2. The number of carboxylic acid groups (broad SMARTS) is 1. The van der Waals surface area contributed by atoms with Gasteiger partial charge in [-0.25, -0.2) is 4.79 Å². The molecule has 1 N–H and O–H groups in total. The molecule has 2 amide bonds. The van der Waals surface area contributed by atoms with Gasteiger partial charge in [-0.1, -0.05) is 26.0 Å². The van der Waals surface area contributed by atoms with Crippen LogP contribution in [0.5, 0.6) is 0 Å². The molecule has 33 heavy (non-hydrogen) atoms. The van der Waals surface area contributed by atoms with E-state index in [-0.39, 0.29) is 46.7 Å². The number of amides is 2. The van der Waals surface area contributed by atoms with E-state index in [1.54, 1.807) is 42.5 Å². The lowest BCUT2D eigenvalue weighted by Gasteiger charge is -2.43. The molecule has 178 valence electrons. The zero-order valence-electron chi connectivity index (χ0n) is 19.6. The number of hydrogen-bond donors (Lipinski definition) is 1. The molecule has 0 aliphatic carbocycles. The number of benzene rings is 1. The van der Waals surface area contributed by atoms with Gasteiger partial charge in [0.05, 0.1) is 18.0 Å². The van der Waals surface area contributed by atoms with Gasteiger partial charge in [-0.3, -0.25) is 14.5 Å². The van der Waals surface area contributed by atoms with Crippen molar-refractivity contribution in [3.8, 4) is 0 Å². The highest BCUT2D eigenvalue weighted by molar-refractivity contribution is 8.03. The Balaban J connectivity index is 1.57. The Labute approximate surface area is 203 Å². The van der Waals surface area contributed by atoms with Crippen LogP contribution in [0, 0.1) is 11.8 Å². The third kappa shape index (κ3) is 4.31. The van der Waals surface area contributed by atoms with E-state index in [9.17, 15) is 19.5 Å². The average molecular weight is 490 g/mol. The third-order valence-corrected chi connectivity index (χ3v) is 9.16. The molecular formula is C24H31N3O4S2. The van der Waals surface area contributed by atoms with Gasteiger partial charge in [0.25, 0.3) is 0 Å². The molecular weight excluding hydrogens is 458 g/mol. The largest absolute Gasteiger partial charge is 0.477 e. The molecule has 2 saturated heterocycles. The van der Waals surface area contributed by atoms with Crippen molar-refractivity contribution in [3.63, 3.8) is 0 Å². The van der Waals surface area contributed by atoms with Gasteiger partial charge < -0.3 is 14.9 Å². The number of carbonyl (C=O) groups is 3. The zero-order chi connectivity index (χ0) is 24.0. The van der Waals surface area contributed by atoms with Gasteiger partial charge >= 0.3 is 5.97 Å². The summed E-state index contributed by atoms with van der Waals surface area (Å²) in [6.07, 6.45) is 2.70. The van der Waals surface area contributed by atoms with Crippen LogP contribution in [-0.2, 0) is 20.9 Å². The summed E-state index contributed by atoms with van der Waals surface area (Å²) in [4.78, 5) is 44.7. The fourth-order valence-electron chi connectivity index (χ4n) is 5.29. The van der Waals surface area contributed by atoms with Crippen molar-refractivity contribution in [1.29, 1.82) is 0 Å². The van der Waals surface area contributed by atoms with Crippen LogP contribution in [0.1, 0.15) is 25.8 Å². The Morgan fingerprint density at radius 2 is 1.94 bits per heavy atom. The molecule has 4 rings (SSSR count). The maximum atomic E-state index is 13.0. The Kier molecular flexibility index (Phi) is 6.85. The molecule has 1 unspecified atom stereocenters. The minimum atomic E-state index is -1.04. The molecule has 3 heterocycles. The molecule has 1 aromatic carbocycles. The first-order valence-electron chi connectivity index (χ1n) is 11.2. The van der Waals surface area contributed by atoms with Crippen molar-refractivity contribution < 1.29 is 19.5 Å². The highest BCUT2D eigenvalue weighted by Crippen LogP contribution is 2.51. The van der Waals surface area contributed by atoms with Crippen LogP contribution in [0.2, 0.25) is 0 Å². The van der Waals surface area contributed by atoms with Gasteiger partial charge in [-0.15, -0.1) is 23.5 Å². The lowest BCUT2D eigenvalue weighted by Crippen LogP contribution is -2.59. The monoisotopic (exact) mass is 489 g/mol. The summed E-state index contributed by atoms with van der Waals surface area (Å²) in [5.74, 6) is -1.25. The van der Waals surface area contributed by atoms with Crippen LogP contribution in [0.15, 0.2) is 39.8 Å². The van der Waals surface area contributed by atoms with Crippen molar-refractivity contribution in [3.05, 3.63) is 40.4 Å². The summed E-state index contributed by atoms with van der Waals surface area (Å²) >= 11 is 3.25. The number of hydrogen-bond acceptors (Lipinski definition) is 6. The second-order valence-corrected chi connectivity index (χ2v) is 11.5. The lowest BCUT2D eigenvalue weighted by molar-refractivity contribution is -0.155. The molecule has 1 aromatic rings. The van der Waals surface area contributed by atoms with Crippen molar-refractivity contribution in [2.45, 2.75) is 49.0 Å². The highest BCUT2D eigenvalue weighted by atomic mass is 32.2. The van der Waals surface area contributed by atoms with Gasteiger partial charge in [-0.2, -0.15) is 0 Å². The Morgan fingerprint density at radius 3 is 2.58 bits per heavy atom. The average Bonchev–Trinajstić information content (AvgIpc) is 3.29. The molecule has 0 aromatic heterocycles. The normalized spacial score (nSPS) is 29.3. The second kappa shape index (κ2) is 9.35. The molecule has 3 aliphatic heterocycles. The molecule has 9 heteroatoms. The van der Waals surface area contributed by atoms with Crippen molar-refractivity contribution in [2.24, 2.45) is 11.8 Å². The molecule has 5 atom stereocenters. The van der Waals surface area contributed by atoms with Crippen molar-refractivity contribution in [1.82, 2.24) is 14.7 Å². The van der Waals surface area contributed by atoms with Gasteiger partial charge in [0.15, 0.2) is 0 Å². The molecule has 0 radical (unpaired) electrons. The van der Waals surface area contributed by atoms with E-state index < -0.39 is 5.97 Å². The third-order valence-electron chi connectivity index (χ3n) is 6.94. The number of aliphatic carboxylic acids is 1. The molecule has 3 aliphatic rings. The molecule has 0 spiro atoms. The maximum Gasteiger partial charge on any atom is 0.353 e. The summed E-state index contributed by atoms with van der Waals surface area (Å²) in [7, 11) is 3.55. The summed E-state index contributed by atoms with van der Waals surface area (Å²) in [5.41, 5.74) is 1.30. The smallest absolute Gasteiger partial charge is 0.353 e. The fraction of sp³-hybridized carbons (Fsp3) is 0.542. The quantitative estimate of drug-likeness (QED) is 0.466. The minimum Gasteiger partial charge on any atom is -0.477 e. The zero-order valence-corrected chi connectivity index (χ0v) is 21.3. The van der Waals surface area contributed by atoms with Gasteiger partial charge in [0.2, 0.25) is 11.8 Å². The lowest BCUT2D eigenvalue weighted by atomic mass is 9.84. The molecule has 7 nitrogen and oxygen atoms in total. The minimum absolute atomic E-state index is 0.0101. The Bertz CT molecular complexity index is 1010. The van der Waals surface area contributed by atoms with Crippen LogP contribution in [-0.4, -0.2) is 81.8 Å². The van der Waals surface area contributed by atoms with Crippen molar-refractivity contribution in [2.75, 3.05) is 26.9 Å². The van der Waals surface area contributed by atoms with E-state index in [0.717, 1.165) is 10.5 Å². The summed E-state index contributed by atoms with van der Waals surface area (Å²) < 4.78 is 0. The Morgan fingerprint density at radius 1 is 1.21 bits per heavy atom. The first-order chi connectivity index (χ1) is 15.6. The van der Waals surface area contributed by atoms with E-state index in [4.69, 9.17) is 0 Å². The predicted octanol–water partition coefficient (Wildman–Crippen LogP) is 2.97. The first-order valence-corrected chi connectivity index (χ1v) is 13.3. The van der Waals surface area contributed by atoms with E-state index in [1.807, 2.05) is 26.2 Å². The van der Waals surface area contributed by atoms with E-state index in [1.165, 1.54) is 9.80 Å². The van der Waals surface area contributed by atoms with Gasteiger partial charge in [-0.05, 0) is 30.4 Å². The number of carboxylic acids is 1.